The summed E-state index contributed by atoms with van der Waals surface area (Å²) in [6.45, 7) is 8.35. The molecule has 1 heteroatoms. The van der Waals surface area contributed by atoms with Gasteiger partial charge < -0.3 is 0 Å². The Morgan fingerprint density at radius 1 is 1.20 bits per heavy atom. The first-order valence-corrected chi connectivity index (χ1v) is 8.31. The fourth-order valence-electron chi connectivity index (χ4n) is 4.57. The van der Waals surface area contributed by atoms with Gasteiger partial charge in [-0.05, 0) is 72.7 Å². The number of likely N-dealkylation sites (N-methyl/N-ethyl adjacent to an activating group) is 1. The van der Waals surface area contributed by atoms with E-state index in [0.717, 1.165) is 5.92 Å². The van der Waals surface area contributed by atoms with E-state index >= 15 is 0 Å². The Labute approximate surface area is 123 Å². The van der Waals surface area contributed by atoms with Gasteiger partial charge in [-0.25, -0.2) is 0 Å². The van der Waals surface area contributed by atoms with Gasteiger partial charge in [0.05, 0.1) is 0 Å². The molecule has 3 aliphatic rings. The topological polar surface area (TPSA) is 3.24 Å². The molecule has 20 heavy (non-hydrogen) atoms. The maximum absolute atomic E-state index is 2.67. The Hall–Kier alpha value is -0.820. The molecule has 4 rings (SSSR count). The monoisotopic (exact) mass is 269 g/mol. The number of rotatable bonds is 0. The molecule has 1 fully saturated rings. The first-order valence-electron chi connectivity index (χ1n) is 8.31. The van der Waals surface area contributed by atoms with Crippen LogP contribution in [0.3, 0.4) is 0 Å². The molecular weight excluding hydrogens is 242 g/mol. The van der Waals surface area contributed by atoms with Gasteiger partial charge in [-0.1, -0.05) is 32.9 Å². The molecule has 0 unspecified atom stereocenters. The summed E-state index contributed by atoms with van der Waals surface area (Å²) >= 11 is 0. The SMILES string of the molecule is CN1C[C@H]2CCCc3cc(C(C)(C)C)cc(c32)C12CC2. The van der Waals surface area contributed by atoms with Crippen molar-refractivity contribution in [1.29, 1.82) is 0 Å². The lowest BCUT2D eigenvalue weighted by molar-refractivity contribution is 0.179. The van der Waals surface area contributed by atoms with Gasteiger partial charge >= 0.3 is 0 Å². The van der Waals surface area contributed by atoms with Crippen molar-refractivity contribution in [2.75, 3.05) is 13.6 Å². The van der Waals surface area contributed by atoms with Crippen molar-refractivity contribution >= 4 is 0 Å². The maximum Gasteiger partial charge on any atom is 0.0462 e. The molecule has 2 aliphatic carbocycles. The minimum atomic E-state index is 0.268. The van der Waals surface area contributed by atoms with Crippen LogP contribution in [0, 0.1) is 0 Å². The number of aryl methyl sites for hydroxylation is 1. The van der Waals surface area contributed by atoms with Gasteiger partial charge in [0.1, 0.15) is 0 Å². The molecule has 0 N–H and O–H groups in total. The summed E-state index contributed by atoms with van der Waals surface area (Å²) < 4.78 is 0. The summed E-state index contributed by atoms with van der Waals surface area (Å²) in [6, 6.07) is 5.10. The highest BCUT2D eigenvalue weighted by Gasteiger charge is 2.53. The van der Waals surface area contributed by atoms with E-state index in [0.29, 0.717) is 5.54 Å². The van der Waals surface area contributed by atoms with Crippen molar-refractivity contribution in [3.63, 3.8) is 0 Å². The van der Waals surface area contributed by atoms with Crippen LogP contribution in [0.2, 0.25) is 0 Å². The van der Waals surface area contributed by atoms with Gasteiger partial charge in [-0.2, -0.15) is 0 Å². The lowest BCUT2D eigenvalue weighted by atomic mass is 9.71. The highest BCUT2D eigenvalue weighted by atomic mass is 15.2. The molecule has 1 aromatic rings. The fourth-order valence-corrected chi connectivity index (χ4v) is 4.57. The summed E-state index contributed by atoms with van der Waals surface area (Å²) in [5.74, 6) is 0.805. The summed E-state index contributed by atoms with van der Waals surface area (Å²) in [6.07, 6.45) is 6.83. The van der Waals surface area contributed by atoms with Gasteiger partial charge in [0.2, 0.25) is 0 Å². The first kappa shape index (κ1) is 12.9. The van der Waals surface area contributed by atoms with E-state index in [1.54, 1.807) is 22.3 Å². The highest BCUT2D eigenvalue weighted by Crippen LogP contribution is 2.58. The van der Waals surface area contributed by atoms with Crippen LogP contribution in [0.5, 0.6) is 0 Å². The molecule has 0 bridgehead atoms. The number of hydrogen-bond donors (Lipinski definition) is 0. The van der Waals surface area contributed by atoms with E-state index < -0.39 is 0 Å². The molecule has 1 aliphatic heterocycles. The Morgan fingerprint density at radius 3 is 2.60 bits per heavy atom. The van der Waals surface area contributed by atoms with Gasteiger partial charge in [-0.3, -0.25) is 4.90 Å². The average Bonchev–Trinajstić information content (AvgIpc) is 3.16. The molecule has 1 aromatic carbocycles. The minimum absolute atomic E-state index is 0.268. The number of hydrogen-bond acceptors (Lipinski definition) is 1. The summed E-state index contributed by atoms with van der Waals surface area (Å²) in [4.78, 5) is 2.67. The summed E-state index contributed by atoms with van der Waals surface area (Å²) in [5.41, 5.74) is 7.39. The van der Waals surface area contributed by atoms with Gasteiger partial charge in [-0.15, -0.1) is 0 Å². The second-order valence-corrected chi connectivity index (χ2v) is 8.35. The zero-order chi connectivity index (χ0) is 14.1. The third kappa shape index (κ3) is 1.65. The van der Waals surface area contributed by atoms with E-state index in [1.165, 1.54) is 38.6 Å². The Morgan fingerprint density at radius 2 is 1.95 bits per heavy atom. The second kappa shape index (κ2) is 3.88. The van der Waals surface area contributed by atoms with Crippen molar-refractivity contribution < 1.29 is 0 Å². The molecule has 0 aromatic heterocycles. The predicted molar refractivity (Wildman–Crippen MR) is 84.4 cm³/mol. The van der Waals surface area contributed by atoms with Crippen LogP contribution in [0.4, 0.5) is 0 Å². The van der Waals surface area contributed by atoms with Crippen LogP contribution in [0.25, 0.3) is 0 Å². The fraction of sp³-hybridized carbons (Fsp3) is 0.684. The van der Waals surface area contributed by atoms with Gasteiger partial charge in [0.25, 0.3) is 0 Å². The largest absolute Gasteiger partial charge is 0.296 e. The van der Waals surface area contributed by atoms with Crippen molar-refractivity contribution in [3.8, 4) is 0 Å². The molecule has 1 nitrogen and oxygen atoms in total. The number of fused-ring (bicyclic) bond motifs is 1. The molecule has 0 amide bonds. The van der Waals surface area contributed by atoms with Crippen LogP contribution in [0.1, 0.15) is 74.6 Å². The molecular formula is C19H27N. The standard InChI is InChI=1S/C19H27N/c1-18(2,3)15-10-13-6-5-7-14-12-20(4)19(8-9-19)16(11-15)17(13)14/h10-11,14H,5-9,12H2,1-4H3/t14-/m1/s1. The van der Waals surface area contributed by atoms with E-state index in [9.17, 15) is 0 Å². The Balaban J connectivity index is 1.96. The van der Waals surface area contributed by atoms with Crippen LogP contribution in [-0.2, 0) is 17.4 Å². The van der Waals surface area contributed by atoms with Crippen molar-refractivity contribution in [3.05, 3.63) is 34.4 Å². The van der Waals surface area contributed by atoms with E-state index in [1.807, 2.05) is 0 Å². The lowest BCUT2D eigenvalue weighted by Gasteiger charge is -2.44. The Kier molecular flexibility index (Phi) is 2.50. The summed E-state index contributed by atoms with van der Waals surface area (Å²) in [5, 5.41) is 0. The smallest absolute Gasteiger partial charge is 0.0462 e. The highest BCUT2D eigenvalue weighted by molar-refractivity contribution is 5.51. The molecule has 1 atom stereocenters. The maximum atomic E-state index is 2.67. The van der Waals surface area contributed by atoms with Gasteiger partial charge in [0, 0.05) is 12.1 Å². The van der Waals surface area contributed by atoms with Gasteiger partial charge in [0.15, 0.2) is 0 Å². The van der Waals surface area contributed by atoms with Crippen LogP contribution < -0.4 is 0 Å². The zero-order valence-corrected chi connectivity index (χ0v) is 13.4. The van der Waals surface area contributed by atoms with Crippen molar-refractivity contribution in [2.24, 2.45) is 0 Å². The van der Waals surface area contributed by atoms with Crippen molar-refractivity contribution in [1.82, 2.24) is 4.90 Å². The quantitative estimate of drug-likeness (QED) is 0.677. The van der Waals surface area contributed by atoms with Crippen LogP contribution in [0.15, 0.2) is 12.1 Å². The second-order valence-electron chi connectivity index (χ2n) is 8.35. The van der Waals surface area contributed by atoms with E-state index in [2.05, 4.69) is 44.9 Å². The molecule has 1 spiro atoms. The zero-order valence-electron chi connectivity index (χ0n) is 13.4. The molecule has 108 valence electrons. The van der Waals surface area contributed by atoms with E-state index in [4.69, 9.17) is 0 Å². The third-order valence-electron chi connectivity index (χ3n) is 5.99. The third-order valence-corrected chi connectivity index (χ3v) is 5.99. The molecule has 0 radical (unpaired) electrons. The lowest BCUT2D eigenvalue weighted by Crippen LogP contribution is -2.42. The van der Waals surface area contributed by atoms with Crippen LogP contribution >= 0.6 is 0 Å². The summed E-state index contributed by atoms with van der Waals surface area (Å²) in [7, 11) is 2.36. The average molecular weight is 269 g/mol. The normalized spacial score (nSPS) is 27.5. The molecule has 1 saturated carbocycles. The minimum Gasteiger partial charge on any atom is -0.296 e. The number of benzene rings is 1. The molecule has 1 heterocycles. The Bertz CT molecular complexity index is 560. The molecule has 0 saturated heterocycles. The van der Waals surface area contributed by atoms with Crippen LogP contribution in [-0.4, -0.2) is 18.5 Å². The van der Waals surface area contributed by atoms with Crippen molar-refractivity contribution in [2.45, 2.75) is 69.7 Å². The first-order chi connectivity index (χ1) is 9.42. The predicted octanol–water partition coefficient (Wildman–Crippen LogP) is 4.34. The number of nitrogens with zero attached hydrogens (tertiary/aromatic N) is 1. The van der Waals surface area contributed by atoms with E-state index in [-0.39, 0.29) is 5.41 Å².